The Kier molecular flexibility index (Phi) is 4.41. The Morgan fingerprint density at radius 3 is 2.94 bits per heavy atom. The van der Waals surface area contributed by atoms with E-state index in [1.165, 1.54) is 25.3 Å². The highest BCUT2D eigenvalue weighted by Gasteiger charge is 2.17. The zero-order chi connectivity index (χ0) is 13.0. The standard InChI is InChI=1S/C12H16N2O3S/c15-10-5-7-14(6-4-9-2-1-3-9)12(13-10)18-8-11(16)17/h5,7,9H,1-4,6,8H2,(H,16,17). The van der Waals surface area contributed by atoms with Crippen LogP contribution < -0.4 is 5.56 Å². The summed E-state index contributed by atoms with van der Waals surface area (Å²) >= 11 is 1.10. The average molecular weight is 268 g/mol. The molecule has 98 valence electrons. The van der Waals surface area contributed by atoms with Crippen molar-refractivity contribution in [2.45, 2.75) is 37.4 Å². The first-order valence-electron chi connectivity index (χ1n) is 6.07. The minimum atomic E-state index is -0.899. The summed E-state index contributed by atoms with van der Waals surface area (Å²) in [6.45, 7) is 0.805. The Labute approximate surface area is 109 Å². The highest BCUT2D eigenvalue weighted by Crippen LogP contribution is 2.30. The zero-order valence-electron chi connectivity index (χ0n) is 10.0. The lowest BCUT2D eigenvalue weighted by atomic mass is 9.83. The number of aromatic nitrogens is 2. The van der Waals surface area contributed by atoms with E-state index in [4.69, 9.17) is 5.11 Å². The van der Waals surface area contributed by atoms with Gasteiger partial charge >= 0.3 is 5.97 Å². The van der Waals surface area contributed by atoms with Gasteiger partial charge in [0, 0.05) is 18.8 Å². The van der Waals surface area contributed by atoms with Crippen LogP contribution in [0, 0.1) is 5.92 Å². The predicted molar refractivity (Wildman–Crippen MR) is 68.8 cm³/mol. The van der Waals surface area contributed by atoms with Gasteiger partial charge in [-0.25, -0.2) is 0 Å². The van der Waals surface area contributed by atoms with E-state index in [2.05, 4.69) is 4.98 Å². The molecular formula is C12H16N2O3S. The van der Waals surface area contributed by atoms with E-state index in [0.717, 1.165) is 30.6 Å². The van der Waals surface area contributed by atoms with Crippen molar-refractivity contribution in [2.24, 2.45) is 5.92 Å². The van der Waals surface area contributed by atoms with Crippen LogP contribution in [-0.4, -0.2) is 26.4 Å². The molecule has 0 aromatic carbocycles. The van der Waals surface area contributed by atoms with Crippen LogP contribution in [0.5, 0.6) is 0 Å². The molecule has 5 nitrogen and oxygen atoms in total. The first-order chi connectivity index (χ1) is 8.65. The van der Waals surface area contributed by atoms with Crippen molar-refractivity contribution in [3.05, 3.63) is 22.6 Å². The molecule has 0 saturated heterocycles. The molecule has 1 aromatic heterocycles. The molecule has 2 rings (SSSR count). The molecule has 1 fully saturated rings. The summed E-state index contributed by atoms with van der Waals surface area (Å²) in [6.07, 6.45) is 6.66. The Balaban J connectivity index is 2.01. The van der Waals surface area contributed by atoms with Gasteiger partial charge in [0.2, 0.25) is 0 Å². The van der Waals surface area contributed by atoms with E-state index >= 15 is 0 Å². The van der Waals surface area contributed by atoms with Gasteiger partial charge in [0.05, 0.1) is 5.75 Å². The Morgan fingerprint density at radius 1 is 1.56 bits per heavy atom. The number of hydrogen-bond donors (Lipinski definition) is 1. The molecule has 1 aliphatic carbocycles. The number of thioether (sulfide) groups is 1. The van der Waals surface area contributed by atoms with Crippen molar-refractivity contribution in [2.75, 3.05) is 5.75 Å². The molecule has 1 N–H and O–H groups in total. The quantitative estimate of drug-likeness (QED) is 0.627. The van der Waals surface area contributed by atoms with Crippen LogP contribution >= 0.6 is 11.8 Å². The topological polar surface area (TPSA) is 72.2 Å². The summed E-state index contributed by atoms with van der Waals surface area (Å²) in [5.74, 6) is -0.190. The van der Waals surface area contributed by atoms with Gasteiger partial charge in [0.15, 0.2) is 5.16 Å². The third-order valence-corrected chi connectivity index (χ3v) is 4.15. The van der Waals surface area contributed by atoms with E-state index in [1.807, 2.05) is 4.57 Å². The van der Waals surface area contributed by atoms with Crippen LogP contribution in [-0.2, 0) is 11.3 Å². The summed E-state index contributed by atoms with van der Waals surface area (Å²) in [4.78, 5) is 25.6. The maximum Gasteiger partial charge on any atom is 0.313 e. The summed E-state index contributed by atoms with van der Waals surface area (Å²) < 4.78 is 1.88. The smallest absolute Gasteiger partial charge is 0.313 e. The molecule has 1 heterocycles. The van der Waals surface area contributed by atoms with Gasteiger partial charge in [0.25, 0.3) is 5.56 Å². The molecule has 6 heteroatoms. The summed E-state index contributed by atoms with van der Waals surface area (Å²) in [5.41, 5.74) is -0.317. The SMILES string of the molecule is O=C(O)CSc1nc(=O)ccn1CCC1CCC1. The number of carboxylic acid groups (broad SMARTS) is 1. The summed E-state index contributed by atoms with van der Waals surface area (Å²) in [6, 6.07) is 1.42. The van der Waals surface area contributed by atoms with Crippen LogP contribution in [0.15, 0.2) is 22.2 Å². The van der Waals surface area contributed by atoms with Gasteiger partial charge < -0.3 is 9.67 Å². The van der Waals surface area contributed by atoms with E-state index in [0.29, 0.717) is 5.16 Å². The molecule has 0 bridgehead atoms. The van der Waals surface area contributed by atoms with E-state index in [9.17, 15) is 9.59 Å². The maximum atomic E-state index is 11.2. The van der Waals surface area contributed by atoms with Crippen LogP contribution in [0.25, 0.3) is 0 Å². The van der Waals surface area contributed by atoms with E-state index < -0.39 is 5.97 Å². The van der Waals surface area contributed by atoms with Gasteiger partial charge in [-0.15, -0.1) is 0 Å². The zero-order valence-corrected chi connectivity index (χ0v) is 10.9. The Morgan fingerprint density at radius 2 is 2.33 bits per heavy atom. The highest BCUT2D eigenvalue weighted by atomic mass is 32.2. The van der Waals surface area contributed by atoms with Crippen LogP contribution in [0.2, 0.25) is 0 Å². The van der Waals surface area contributed by atoms with Gasteiger partial charge in [-0.1, -0.05) is 31.0 Å². The van der Waals surface area contributed by atoms with Crippen molar-refractivity contribution in [3.63, 3.8) is 0 Å². The van der Waals surface area contributed by atoms with Crippen LogP contribution in [0.1, 0.15) is 25.7 Å². The average Bonchev–Trinajstić information content (AvgIpc) is 2.26. The second-order valence-electron chi connectivity index (χ2n) is 4.51. The molecule has 18 heavy (non-hydrogen) atoms. The first-order valence-corrected chi connectivity index (χ1v) is 7.06. The number of nitrogens with zero attached hydrogens (tertiary/aromatic N) is 2. The van der Waals surface area contributed by atoms with Gasteiger partial charge in [0.1, 0.15) is 0 Å². The number of aliphatic carboxylic acids is 1. The molecule has 0 amide bonds. The third-order valence-electron chi connectivity index (χ3n) is 3.18. The molecule has 0 atom stereocenters. The molecule has 0 unspecified atom stereocenters. The minimum absolute atomic E-state index is 0.0696. The first kappa shape index (κ1) is 13.1. The number of aryl methyl sites for hydroxylation is 1. The number of rotatable bonds is 6. The predicted octanol–water partition coefficient (Wildman–Crippen LogP) is 1.61. The molecule has 0 spiro atoms. The number of carboxylic acids is 1. The summed E-state index contributed by atoms with van der Waals surface area (Å²) in [5, 5.41) is 9.17. The van der Waals surface area contributed by atoms with Crippen LogP contribution in [0.4, 0.5) is 0 Å². The van der Waals surface area contributed by atoms with Crippen molar-refractivity contribution >= 4 is 17.7 Å². The van der Waals surface area contributed by atoms with Crippen LogP contribution in [0.3, 0.4) is 0 Å². The molecule has 1 aliphatic rings. The second kappa shape index (κ2) is 6.04. The minimum Gasteiger partial charge on any atom is -0.481 e. The van der Waals surface area contributed by atoms with Crippen molar-refractivity contribution in [3.8, 4) is 0 Å². The Bertz CT molecular complexity index is 482. The lowest BCUT2D eigenvalue weighted by Crippen LogP contribution is -2.18. The molecule has 1 aromatic rings. The summed E-state index contributed by atoms with van der Waals surface area (Å²) in [7, 11) is 0. The normalized spacial score (nSPS) is 15.3. The fourth-order valence-electron chi connectivity index (χ4n) is 1.93. The van der Waals surface area contributed by atoms with Crippen molar-refractivity contribution in [1.29, 1.82) is 0 Å². The fraction of sp³-hybridized carbons (Fsp3) is 0.583. The monoisotopic (exact) mass is 268 g/mol. The van der Waals surface area contributed by atoms with Gasteiger partial charge in [-0.3, -0.25) is 9.59 Å². The van der Waals surface area contributed by atoms with E-state index in [1.54, 1.807) is 6.20 Å². The van der Waals surface area contributed by atoms with E-state index in [-0.39, 0.29) is 11.3 Å². The van der Waals surface area contributed by atoms with Gasteiger partial charge in [-0.05, 0) is 12.3 Å². The molecule has 0 aliphatic heterocycles. The third kappa shape index (κ3) is 3.60. The highest BCUT2D eigenvalue weighted by molar-refractivity contribution is 7.99. The second-order valence-corrected chi connectivity index (χ2v) is 5.45. The number of hydrogen-bond acceptors (Lipinski definition) is 4. The molecular weight excluding hydrogens is 252 g/mol. The molecule has 1 saturated carbocycles. The fourth-order valence-corrected chi connectivity index (χ4v) is 2.65. The van der Waals surface area contributed by atoms with Crippen molar-refractivity contribution in [1.82, 2.24) is 9.55 Å². The van der Waals surface area contributed by atoms with Crippen molar-refractivity contribution < 1.29 is 9.90 Å². The number of carbonyl (C=O) groups is 1. The molecule has 0 radical (unpaired) electrons. The lowest BCUT2D eigenvalue weighted by Gasteiger charge is -2.25. The Hall–Kier alpha value is -1.30. The lowest BCUT2D eigenvalue weighted by molar-refractivity contribution is -0.133. The van der Waals surface area contributed by atoms with Gasteiger partial charge in [-0.2, -0.15) is 4.98 Å². The maximum absolute atomic E-state index is 11.2. The largest absolute Gasteiger partial charge is 0.481 e.